The summed E-state index contributed by atoms with van der Waals surface area (Å²) in [5.74, 6) is -0.294. The van der Waals surface area contributed by atoms with Gasteiger partial charge >= 0.3 is 0 Å². The molecule has 0 saturated carbocycles. The van der Waals surface area contributed by atoms with Crippen LogP contribution in [-0.4, -0.2) is 12.3 Å². The fourth-order valence-electron chi connectivity index (χ4n) is 0.919. The van der Waals surface area contributed by atoms with E-state index < -0.39 is 0 Å². The lowest BCUT2D eigenvalue weighted by atomic mass is 10.3. The molecule has 0 N–H and O–H groups in total. The molecule has 0 aromatic heterocycles. The Bertz CT molecular complexity index is 321. The number of benzene rings is 1. The fourth-order valence-corrected chi connectivity index (χ4v) is 1.18. The van der Waals surface area contributed by atoms with Crippen LogP contribution in [0, 0.1) is 0 Å². The van der Waals surface area contributed by atoms with Crippen molar-refractivity contribution >= 4 is 33.9 Å². The monoisotopic (exact) mass is 241 g/mol. The van der Waals surface area contributed by atoms with Crippen LogP contribution < -0.4 is 4.90 Å². The van der Waals surface area contributed by atoms with E-state index in [4.69, 9.17) is 0 Å². The van der Waals surface area contributed by atoms with Gasteiger partial charge in [-0.25, -0.2) is 0 Å². The lowest BCUT2D eigenvalue weighted by Crippen LogP contribution is -2.26. The topological polar surface area (TPSA) is 37.4 Å². The Hall–Kier alpha value is -1.16. The average Bonchev–Trinajstić information content (AvgIpc) is 2.09. The molecule has 0 saturated heterocycles. The molecule has 3 nitrogen and oxygen atoms in total. The minimum Gasteiger partial charge on any atom is -0.278 e. The lowest BCUT2D eigenvalue weighted by Gasteiger charge is -2.12. The molecule has 0 spiro atoms. The summed E-state index contributed by atoms with van der Waals surface area (Å²) < 4.78 is 0.908. The van der Waals surface area contributed by atoms with Crippen molar-refractivity contribution in [2.75, 3.05) is 4.90 Å². The number of amides is 2. The van der Waals surface area contributed by atoms with Crippen LogP contribution in [0.4, 0.5) is 5.69 Å². The summed E-state index contributed by atoms with van der Waals surface area (Å²) in [6.45, 7) is 1.34. The first-order chi connectivity index (χ1) is 6.15. The van der Waals surface area contributed by atoms with Crippen molar-refractivity contribution in [3.05, 3.63) is 28.7 Å². The summed E-state index contributed by atoms with van der Waals surface area (Å²) in [4.78, 5) is 22.5. The Morgan fingerprint density at radius 2 is 1.92 bits per heavy atom. The Balaban J connectivity index is 2.99. The Labute approximate surface area is 84.5 Å². The van der Waals surface area contributed by atoms with Crippen LogP contribution in [0.15, 0.2) is 28.7 Å². The zero-order chi connectivity index (χ0) is 9.84. The van der Waals surface area contributed by atoms with Crippen molar-refractivity contribution in [2.45, 2.75) is 6.92 Å². The summed E-state index contributed by atoms with van der Waals surface area (Å²) >= 11 is 3.26. The zero-order valence-electron chi connectivity index (χ0n) is 7.03. The van der Waals surface area contributed by atoms with Crippen molar-refractivity contribution in [3.63, 3.8) is 0 Å². The molecule has 0 radical (unpaired) electrons. The second-order valence-electron chi connectivity index (χ2n) is 2.47. The summed E-state index contributed by atoms with van der Waals surface area (Å²) in [5, 5.41) is 0. The molecule has 1 aromatic rings. The molecule has 13 heavy (non-hydrogen) atoms. The van der Waals surface area contributed by atoms with Crippen molar-refractivity contribution < 1.29 is 9.59 Å². The van der Waals surface area contributed by atoms with E-state index in [1.54, 1.807) is 24.3 Å². The van der Waals surface area contributed by atoms with Crippen molar-refractivity contribution in [2.24, 2.45) is 0 Å². The maximum Gasteiger partial charge on any atom is 0.230 e. The van der Waals surface area contributed by atoms with E-state index in [0.717, 1.165) is 9.37 Å². The van der Waals surface area contributed by atoms with Gasteiger partial charge < -0.3 is 0 Å². The van der Waals surface area contributed by atoms with E-state index >= 15 is 0 Å². The average molecular weight is 242 g/mol. The molecule has 0 unspecified atom stereocenters. The highest BCUT2D eigenvalue weighted by atomic mass is 79.9. The van der Waals surface area contributed by atoms with Gasteiger partial charge in [0.15, 0.2) is 0 Å². The van der Waals surface area contributed by atoms with E-state index in [1.165, 1.54) is 6.92 Å². The standard InChI is InChI=1S/C9H8BrNO2/c1-7(13)11(6-12)9-4-2-8(10)3-5-9/h2-6H,1H3. The van der Waals surface area contributed by atoms with Crippen LogP contribution in [-0.2, 0) is 9.59 Å². The van der Waals surface area contributed by atoms with Gasteiger partial charge in [-0.2, -0.15) is 0 Å². The maximum atomic E-state index is 10.9. The first-order valence-corrected chi connectivity index (χ1v) is 4.45. The maximum absolute atomic E-state index is 10.9. The highest BCUT2D eigenvalue weighted by Gasteiger charge is 2.08. The number of rotatable bonds is 2. The number of hydrogen-bond acceptors (Lipinski definition) is 2. The van der Waals surface area contributed by atoms with E-state index in [-0.39, 0.29) is 5.91 Å². The minimum absolute atomic E-state index is 0.294. The molecule has 0 aliphatic carbocycles. The van der Waals surface area contributed by atoms with Crippen LogP contribution in [0.3, 0.4) is 0 Å². The van der Waals surface area contributed by atoms with E-state index in [1.807, 2.05) is 0 Å². The smallest absolute Gasteiger partial charge is 0.230 e. The second-order valence-corrected chi connectivity index (χ2v) is 3.39. The number of hydrogen-bond donors (Lipinski definition) is 0. The van der Waals surface area contributed by atoms with Crippen molar-refractivity contribution in [1.82, 2.24) is 0 Å². The molecule has 0 aliphatic heterocycles. The third kappa shape index (κ3) is 2.39. The molecule has 0 fully saturated rings. The SMILES string of the molecule is CC(=O)N(C=O)c1ccc(Br)cc1. The predicted molar refractivity (Wildman–Crippen MR) is 53.4 cm³/mol. The van der Waals surface area contributed by atoms with Gasteiger partial charge in [-0.15, -0.1) is 0 Å². The molecule has 0 bridgehead atoms. The highest BCUT2D eigenvalue weighted by Crippen LogP contribution is 2.17. The molecule has 2 amide bonds. The number of carbonyl (C=O) groups is 2. The van der Waals surface area contributed by atoms with Crippen molar-refractivity contribution in [1.29, 1.82) is 0 Å². The van der Waals surface area contributed by atoms with Gasteiger partial charge in [0.25, 0.3) is 0 Å². The van der Waals surface area contributed by atoms with Gasteiger partial charge in [-0.05, 0) is 24.3 Å². The Kier molecular flexibility index (Phi) is 3.19. The summed E-state index contributed by atoms with van der Waals surface area (Å²) in [5.41, 5.74) is 0.575. The highest BCUT2D eigenvalue weighted by molar-refractivity contribution is 9.10. The molecular formula is C9H8BrNO2. The van der Waals surface area contributed by atoms with Crippen LogP contribution >= 0.6 is 15.9 Å². The van der Waals surface area contributed by atoms with E-state index in [0.29, 0.717) is 12.1 Å². The third-order valence-corrected chi connectivity index (χ3v) is 2.08. The fraction of sp³-hybridized carbons (Fsp3) is 0.111. The molecule has 0 heterocycles. The van der Waals surface area contributed by atoms with E-state index in [9.17, 15) is 9.59 Å². The van der Waals surface area contributed by atoms with Gasteiger partial charge in [0, 0.05) is 11.4 Å². The molecule has 1 rings (SSSR count). The normalized spacial score (nSPS) is 9.38. The number of carbonyl (C=O) groups excluding carboxylic acids is 2. The minimum atomic E-state index is -0.294. The molecular weight excluding hydrogens is 234 g/mol. The van der Waals surface area contributed by atoms with Gasteiger partial charge in [-0.1, -0.05) is 15.9 Å². The Morgan fingerprint density at radius 1 is 1.38 bits per heavy atom. The third-order valence-electron chi connectivity index (χ3n) is 1.55. The molecule has 0 aliphatic rings. The van der Waals surface area contributed by atoms with Gasteiger partial charge in [-0.3, -0.25) is 14.5 Å². The molecule has 4 heteroatoms. The molecule has 68 valence electrons. The molecule has 1 aromatic carbocycles. The number of imide groups is 1. The van der Waals surface area contributed by atoms with Crippen molar-refractivity contribution in [3.8, 4) is 0 Å². The summed E-state index contributed by atoms with van der Waals surface area (Å²) in [7, 11) is 0. The molecule has 0 atom stereocenters. The van der Waals surface area contributed by atoms with Gasteiger partial charge in [0.1, 0.15) is 0 Å². The lowest BCUT2D eigenvalue weighted by molar-refractivity contribution is -0.120. The van der Waals surface area contributed by atoms with Crippen LogP contribution in [0.5, 0.6) is 0 Å². The van der Waals surface area contributed by atoms with Crippen LogP contribution in [0.2, 0.25) is 0 Å². The summed E-state index contributed by atoms with van der Waals surface area (Å²) in [6.07, 6.45) is 0.506. The quantitative estimate of drug-likeness (QED) is 0.743. The van der Waals surface area contributed by atoms with Crippen LogP contribution in [0.25, 0.3) is 0 Å². The predicted octanol–water partition coefficient (Wildman–Crippen LogP) is 1.96. The zero-order valence-corrected chi connectivity index (χ0v) is 8.61. The summed E-state index contributed by atoms with van der Waals surface area (Å²) in [6, 6.07) is 6.93. The Morgan fingerprint density at radius 3 is 2.31 bits per heavy atom. The first kappa shape index (κ1) is 9.92. The second kappa shape index (κ2) is 4.18. The first-order valence-electron chi connectivity index (χ1n) is 3.66. The van der Waals surface area contributed by atoms with Gasteiger partial charge in [0.05, 0.1) is 5.69 Å². The number of nitrogens with zero attached hydrogens (tertiary/aromatic N) is 1. The largest absolute Gasteiger partial charge is 0.278 e. The van der Waals surface area contributed by atoms with Crippen LogP contribution in [0.1, 0.15) is 6.92 Å². The van der Waals surface area contributed by atoms with E-state index in [2.05, 4.69) is 15.9 Å². The number of anilines is 1. The number of halogens is 1. The van der Waals surface area contributed by atoms with Gasteiger partial charge in [0.2, 0.25) is 12.3 Å².